The highest BCUT2D eigenvalue weighted by atomic mass is 16.3. The van der Waals surface area contributed by atoms with E-state index in [2.05, 4.69) is 5.43 Å². The van der Waals surface area contributed by atoms with Gasteiger partial charge in [0.15, 0.2) is 0 Å². The summed E-state index contributed by atoms with van der Waals surface area (Å²) in [6, 6.07) is 6.74. The first-order chi connectivity index (χ1) is 8.24. The molecule has 0 bridgehead atoms. The molecule has 1 amide bonds. The van der Waals surface area contributed by atoms with Gasteiger partial charge in [0.1, 0.15) is 5.75 Å². The maximum Gasteiger partial charge on any atom is 0.238 e. The van der Waals surface area contributed by atoms with E-state index in [1.165, 1.54) is 6.42 Å². The van der Waals surface area contributed by atoms with Crippen LogP contribution in [0.3, 0.4) is 0 Å². The molecule has 1 aliphatic rings. The zero-order valence-electron chi connectivity index (χ0n) is 9.85. The standard InChI is InChI=1S/C13H18N2O2/c16-12-6-4-11(5-7-12)10-13(17)14-15-8-2-1-3-9-15/h4-7,16H,1-3,8-10H2,(H,14,17). The van der Waals surface area contributed by atoms with Crippen LogP contribution in [0.4, 0.5) is 0 Å². The van der Waals surface area contributed by atoms with Crippen molar-refractivity contribution in [1.29, 1.82) is 0 Å². The van der Waals surface area contributed by atoms with Crippen molar-refractivity contribution in [2.45, 2.75) is 25.7 Å². The molecule has 0 aliphatic carbocycles. The molecule has 0 aromatic heterocycles. The third kappa shape index (κ3) is 3.75. The molecule has 4 nitrogen and oxygen atoms in total. The van der Waals surface area contributed by atoms with Crippen molar-refractivity contribution in [2.75, 3.05) is 13.1 Å². The number of hydrazine groups is 1. The first-order valence-electron chi connectivity index (χ1n) is 6.06. The predicted molar refractivity (Wildman–Crippen MR) is 65.4 cm³/mol. The predicted octanol–water partition coefficient (Wildman–Crippen LogP) is 1.45. The van der Waals surface area contributed by atoms with Crippen molar-refractivity contribution in [3.63, 3.8) is 0 Å². The average Bonchev–Trinajstić information content (AvgIpc) is 2.33. The molecule has 2 N–H and O–H groups in total. The average molecular weight is 234 g/mol. The Kier molecular flexibility index (Phi) is 3.98. The van der Waals surface area contributed by atoms with Gasteiger partial charge in [0, 0.05) is 13.1 Å². The van der Waals surface area contributed by atoms with Crippen molar-refractivity contribution >= 4 is 5.91 Å². The number of hydrogen-bond acceptors (Lipinski definition) is 3. The van der Waals surface area contributed by atoms with Crippen molar-refractivity contribution in [3.8, 4) is 5.75 Å². The second kappa shape index (κ2) is 5.68. The fourth-order valence-corrected chi connectivity index (χ4v) is 2.02. The monoisotopic (exact) mass is 234 g/mol. The van der Waals surface area contributed by atoms with Crippen LogP contribution in [-0.4, -0.2) is 29.1 Å². The lowest BCUT2D eigenvalue weighted by Gasteiger charge is -2.26. The minimum atomic E-state index is 0.0117. The topological polar surface area (TPSA) is 52.6 Å². The Bertz CT molecular complexity index is 370. The summed E-state index contributed by atoms with van der Waals surface area (Å²) in [4.78, 5) is 11.8. The molecule has 0 unspecified atom stereocenters. The number of rotatable bonds is 3. The van der Waals surface area contributed by atoms with Gasteiger partial charge in [-0.25, -0.2) is 5.01 Å². The van der Waals surface area contributed by atoms with Crippen molar-refractivity contribution < 1.29 is 9.90 Å². The number of phenols is 1. The van der Waals surface area contributed by atoms with Gasteiger partial charge in [-0.2, -0.15) is 0 Å². The number of benzene rings is 1. The van der Waals surface area contributed by atoms with E-state index in [-0.39, 0.29) is 11.7 Å². The molecule has 1 aromatic carbocycles. The third-order valence-corrected chi connectivity index (χ3v) is 2.94. The first kappa shape index (κ1) is 11.9. The summed E-state index contributed by atoms with van der Waals surface area (Å²) in [6.07, 6.45) is 3.92. The Morgan fingerprint density at radius 1 is 1.18 bits per heavy atom. The molecule has 0 saturated carbocycles. The summed E-state index contributed by atoms with van der Waals surface area (Å²) in [5, 5.41) is 11.1. The molecular formula is C13H18N2O2. The lowest BCUT2D eigenvalue weighted by Crippen LogP contribution is -2.45. The van der Waals surface area contributed by atoms with Crippen LogP contribution in [0.2, 0.25) is 0 Å². The molecule has 4 heteroatoms. The summed E-state index contributed by atoms with van der Waals surface area (Å²) in [7, 11) is 0. The molecule has 92 valence electrons. The smallest absolute Gasteiger partial charge is 0.238 e. The van der Waals surface area contributed by atoms with Crippen molar-refractivity contribution in [2.24, 2.45) is 0 Å². The molecule has 0 radical (unpaired) electrons. The fraction of sp³-hybridized carbons (Fsp3) is 0.462. The van der Waals surface area contributed by atoms with Gasteiger partial charge in [-0.3, -0.25) is 10.2 Å². The quantitative estimate of drug-likeness (QED) is 0.832. The maximum absolute atomic E-state index is 11.8. The molecule has 0 spiro atoms. The molecule has 1 fully saturated rings. The largest absolute Gasteiger partial charge is 0.508 e. The SMILES string of the molecule is O=C(Cc1ccc(O)cc1)NN1CCCCC1. The van der Waals surface area contributed by atoms with Crippen LogP contribution in [0.25, 0.3) is 0 Å². The summed E-state index contributed by atoms with van der Waals surface area (Å²) in [6.45, 7) is 1.89. The molecule has 1 saturated heterocycles. The highest BCUT2D eigenvalue weighted by molar-refractivity contribution is 5.78. The molecule has 1 heterocycles. The normalized spacial score (nSPS) is 16.7. The molecule has 1 aliphatic heterocycles. The number of aromatic hydroxyl groups is 1. The molecular weight excluding hydrogens is 216 g/mol. The lowest BCUT2D eigenvalue weighted by molar-refractivity contribution is -0.125. The van der Waals surface area contributed by atoms with Crippen LogP contribution in [-0.2, 0) is 11.2 Å². The van der Waals surface area contributed by atoms with Crippen LogP contribution < -0.4 is 5.43 Å². The Morgan fingerprint density at radius 2 is 1.82 bits per heavy atom. The lowest BCUT2D eigenvalue weighted by atomic mass is 10.1. The maximum atomic E-state index is 11.8. The Hall–Kier alpha value is -1.55. The van der Waals surface area contributed by atoms with Gasteiger partial charge in [0.2, 0.25) is 5.91 Å². The number of nitrogens with one attached hydrogen (secondary N) is 1. The van der Waals surface area contributed by atoms with E-state index < -0.39 is 0 Å². The van der Waals surface area contributed by atoms with Gasteiger partial charge in [-0.15, -0.1) is 0 Å². The Morgan fingerprint density at radius 3 is 2.47 bits per heavy atom. The minimum Gasteiger partial charge on any atom is -0.508 e. The second-order valence-corrected chi connectivity index (χ2v) is 4.43. The number of piperidine rings is 1. The van der Waals surface area contributed by atoms with Gasteiger partial charge in [0.05, 0.1) is 6.42 Å². The highest BCUT2D eigenvalue weighted by Crippen LogP contribution is 2.10. The summed E-state index contributed by atoms with van der Waals surface area (Å²) in [5.74, 6) is 0.239. The van der Waals surface area contributed by atoms with E-state index in [1.807, 2.05) is 5.01 Å². The Labute approximate surface area is 101 Å². The zero-order chi connectivity index (χ0) is 12.1. The summed E-state index contributed by atoms with van der Waals surface area (Å²) >= 11 is 0. The third-order valence-electron chi connectivity index (χ3n) is 2.94. The molecule has 2 rings (SSSR count). The van der Waals surface area contributed by atoms with Crippen LogP contribution in [0.15, 0.2) is 24.3 Å². The number of nitrogens with zero attached hydrogens (tertiary/aromatic N) is 1. The van der Waals surface area contributed by atoms with E-state index >= 15 is 0 Å². The fourth-order valence-electron chi connectivity index (χ4n) is 2.02. The van der Waals surface area contributed by atoms with Crippen LogP contribution in [0, 0.1) is 0 Å². The zero-order valence-corrected chi connectivity index (χ0v) is 9.85. The minimum absolute atomic E-state index is 0.0117. The first-order valence-corrected chi connectivity index (χ1v) is 6.06. The van der Waals surface area contributed by atoms with Gasteiger partial charge < -0.3 is 5.11 Å². The van der Waals surface area contributed by atoms with E-state index in [1.54, 1.807) is 24.3 Å². The van der Waals surface area contributed by atoms with Crippen LogP contribution in [0.5, 0.6) is 5.75 Å². The molecule has 17 heavy (non-hydrogen) atoms. The number of carbonyl (C=O) groups excluding carboxylic acids is 1. The van der Waals surface area contributed by atoms with Gasteiger partial charge >= 0.3 is 0 Å². The second-order valence-electron chi connectivity index (χ2n) is 4.43. The van der Waals surface area contributed by atoms with Crippen molar-refractivity contribution in [1.82, 2.24) is 10.4 Å². The van der Waals surface area contributed by atoms with E-state index in [4.69, 9.17) is 5.11 Å². The summed E-state index contributed by atoms with van der Waals surface area (Å²) < 4.78 is 0. The molecule has 0 atom stereocenters. The van der Waals surface area contributed by atoms with Crippen LogP contribution in [0.1, 0.15) is 24.8 Å². The van der Waals surface area contributed by atoms with Gasteiger partial charge in [-0.1, -0.05) is 18.6 Å². The number of amides is 1. The van der Waals surface area contributed by atoms with Gasteiger partial charge in [-0.05, 0) is 30.5 Å². The number of phenolic OH excluding ortho intramolecular Hbond substituents is 1. The Balaban J connectivity index is 1.82. The highest BCUT2D eigenvalue weighted by Gasteiger charge is 2.12. The number of hydrogen-bond donors (Lipinski definition) is 2. The number of carbonyl (C=O) groups is 1. The molecule has 1 aromatic rings. The van der Waals surface area contributed by atoms with E-state index in [9.17, 15) is 4.79 Å². The van der Waals surface area contributed by atoms with Crippen LogP contribution >= 0.6 is 0 Å². The van der Waals surface area contributed by atoms with Crippen molar-refractivity contribution in [3.05, 3.63) is 29.8 Å². The van der Waals surface area contributed by atoms with E-state index in [0.717, 1.165) is 31.5 Å². The van der Waals surface area contributed by atoms with E-state index in [0.29, 0.717) is 6.42 Å². The van der Waals surface area contributed by atoms with Gasteiger partial charge in [0.25, 0.3) is 0 Å². The summed E-state index contributed by atoms with van der Waals surface area (Å²) in [5.41, 5.74) is 3.83.